The highest BCUT2D eigenvalue weighted by Crippen LogP contribution is 2.20. The van der Waals surface area contributed by atoms with E-state index in [0.29, 0.717) is 13.1 Å². The van der Waals surface area contributed by atoms with Crippen molar-refractivity contribution in [3.05, 3.63) is 53.3 Å². The molecule has 1 aromatic heterocycles. The zero-order valence-corrected chi connectivity index (χ0v) is 15.7. The lowest BCUT2D eigenvalue weighted by molar-refractivity contribution is -0.131. The summed E-state index contributed by atoms with van der Waals surface area (Å²) >= 11 is 0. The van der Waals surface area contributed by atoms with E-state index in [4.69, 9.17) is 10.2 Å². The van der Waals surface area contributed by atoms with Crippen LogP contribution in [-0.2, 0) is 21.2 Å². The van der Waals surface area contributed by atoms with Gasteiger partial charge in [-0.25, -0.2) is 8.42 Å². The van der Waals surface area contributed by atoms with Crippen LogP contribution in [0.15, 0.2) is 45.9 Å². The first-order valence-electron chi connectivity index (χ1n) is 8.50. The van der Waals surface area contributed by atoms with Gasteiger partial charge < -0.3 is 15.1 Å². The Bertz CT molecular complexity index is 942. The predicted molar refractivity (Wildman–Crippen MR) is 97.4 cm³/mol. The van der Waals surface area contributed by atoms with Gasteiger partial charge in [0, 0.05) is 26.2 Å². The van der Waals surface area contributed by atoms with E-state index in [2.05, 4.69) is 0 Å². The standard InChI is InChI=1S/C18H21N3O5S/c1-13-2-4-14(5-3-13)12-16(22)20-8-10-21(11-9-20)27(24,25)17-7-6-15(26-17)18(19)23/h2-7H,8-12H2,1H3,(H2,19,23). The number of nitrogens with two attached hydrogens (primary N) is 1. The smallest absolute Gasteiger partial charge is 0.284 e. The third-order valence-corrected chi connectivity index (χ3v) is 6.26. The molecule has 1 aliphatic heterocycles. The maximum atomic E-state index is 12.6. The van der Waals surface area contributed by atoms with Crippen molar-refractivity contribution in [2.75, 3.05) is 26.2 Å². The monoisotopic (exact) mass is 391 g/mol. The molecule has 1 aromatic carbocycles. The molecule has 2 amide bonds. The van der Waals surface area contributed by atoms with Crippen LogP contribution in [-0.4, -0.2) is 55.6 Å². The molecule has 144 valence electrons. The lowest BCUT2D eigenvalue weighted by Crippen LogP contribution is -2.50. The van der Waals surface area contributed by atoms with Gasteiger partial charge in [-0.15, -0.1) is 0 Å². The molecule has 2 N–H and O–H groups in total. The Hall–Kier alpha value is -2.65. The molecule has 0 bridgehead atoms. The van der Waals surface area contributed by atoms with E-state index in [1.165, 1.54) is 16.4 Å². The summed E-state index contributed by atoms with van der Waals surface area (Å²) in [6.45, 7) is 2.90. The molecule has 0 atom stereocenters. The summed E-state index contributed by atoms with van der Waals surface area (Å²) in [5.74, 6) is -1.08. The lowest BCUT2D eigenvalue weighted by atomic mass is 10.1. The minimum absolute atomic E-state index is 0.0371. The molecule has 0 spiro atoms. The number of hydrogen-bond donors (Lipinski definition) is 1. The number of carbonyl (C=O) groups is 2. The van der Waals surface area contributed by atoms with Crippen LogP contribution < -0.4 is 5.73 Å². The number of rotatable bonds is 5. The van der Waals surface area contributed by atoms with Crippen LogP contribution in [0.4, 0.5) is 0 Å². The molecule has 2 heterocycles. The van der Waals surface area contributed by atoms with Gasteiger partial charge in [0.2, 0.25) is 11.0 Å². The van der Waals surface area contributed by atoms with E-state index < -0.39 is 15.9 Å². The molecule has 0 unspecified atom stereocenters. The molecule has 1 aliphatic rings. The number of hydrogen-bond acceptors (Lipinski definition) is 5. The number of aryl methyl sites for hydroxylation is 1. The fourth-order valence-electron chi connectivity index (χ4n) is 2.89. The normalized spacial score (nSPS) is 15.7. The molecule has 0 aliphatic carbocycles. The molecule has 2 aromatic rings. The van der Waals surface area contributed by atoms with Gasteiger partial charge in [0.25, 0.3) is 15.9 Å². The molecule has 0 radical (unpaired) electrons. The van der Waals surface area contributed by atoms with Crippen molar-refractivity contribution in [2.24, 2.45) is 5.73 Å². The minimum Gasteiger partial charge on any atom is -0.438 e. The van der Waals surface area contributed by atoms with Crippen molar-refractivity contribution in [3.63, 3.8) is 0 Å². The van der Waals surface area contributed by atoms with Gasteiger partial charge in [0.15, 0.2) is 5.76 Å². The van der Waals surface area contributed by atoms with Crippen molar-refractivity contribution in [3.8, 4) is 0 Å². The first kappa shape index (κ1) is 19.1. The second-order valence-corrected chi connectivity index (χ2v) is 8.30. The molecule has 27 heavy (non-hydrogen) atoms. The summed E-state index contributed by atoms with van der Waals surface area (Å²) in [6, 6.07) is 10.2. The average molecular weight is 391 g/mol. The van der Waals surface area contributed by atoms with Crippen molar-refractivity contribution in [1.82, 2.24) is 9.21 Å². The highest BCUT2D eigenvalue weighted by atomic mass is 32.2. The summed E-state index contributed by atoms with van der Waals surface area (Å²) < 4.78 is 31.5. The van der Waals surface area contributed by atoms with Crippen molar-refractivity contribution in [2.45, 2.75) is 18.4 Å². The summed E-state index contributed by atoms with van der Waals surface area (Å²) in [6.07, 6.45) is 0.285. The second kappa shape index (κ2) is 7.53. The first-order chi connectivity index (χ1) is 12.8. The Labute approximate surface area is 157 Å². The number of piperazine rings is 1. The van der Waals surface area contributed by atoms with E-state index >= 15 is 0 Å². The summed E-state index contributed by atoms with van der Waals surface area (Å²) in [5, 5.41) is -0.323. The summed E-state index contributed by atoms with van der Waals surface area (Å²) in [5.41, 5.74) is 7.14. The molecule has 8 nitrogen and oxygen atoms in total. The predicted octanol–water partition coefficient (Wildman–Crippen LogP) is 0.763. The third kappa shape index (κ3) is 4.20. The zero-order valence-electron chi connectivity index (χ0n) is 14.9. The number of carbonyl (C=O) groups excluding carboxylic acids is 2. The Morgan fingerprint density at radius 3 is 2.22 bits per heavy atom. The number of amides is 2. The number of benzene rings is 1. The van der Waals surface area contributed by atoms with E-state index in [9.17, 15) is 18.0 Å². The quantitative estimate of drug-likeness (QED) is 0.808. The van der Waals surface area contributed by atoms with E-state index in [1.54, 1.807) is 4.90 Å². The molecule has 1 fully saturated rings. The molecular formula is C18H21N3O5S. The van der Waals surface area contributed by atoms with Crippen LogP contribution in [0.1, 0.15) is 21.7 Å². The van der Waals surface area contributed by atoms with Crippen molar-refractivity contribution in [1.29, 1.82) is 0 Å². The Kier molecular flexibility index (Phi) is 5.33. The van der Waals surface area contributed by atoms with Crippen molar-refractivity contribution < 1.29 is 22.4 Å². The Balaban J connectivity index is 1.61. The fraction of sp³-hybridized carbons (Fsp3) is 0.333. The van der Waals surface area contributed by atoms with Gasteiger partial charge in [0.05, 0.1) is 6.42 Å². The number of furan rings is 1. The van der Waals surface area contributed by atoms with Gasteiger partial charge >= 0.3 is 0 Å². The van der Waals surface area contributed by atoms with Gasteiger partial charge in [-0.2, -0.15) is 4.31 Å². The lowest BCUT2D eigenvalue weighted by Gasteiger charge is -2.33. The molecule has 1 saturated heterocycles. The van der Waals surface area contributed by atoms with Crippen LogP contribution in [0, 0.1) is 6.92 Å². The SMILES string of the molecule is Cc1ccc(CC(=O)N2CCN(S(=O)(=O)c3ccc(C(N)=O)o3)CC2)cc1. The third-order valence-electron chi connectivity index (χ3n) is 4.49. The van der Waals surface area contributed by atoms with E-state index in [1.807, 2.05) is 31.2 Å². The van der Waals surface area contributed by atoms with Crippen LogP contribution in [0.25, 0.3) is 0 Å². The number of primary amides is 1. The second-order valence-electron chi connectivity index (χ2n) is 6.43. The Morgan fingerprint density at radius 2 is 1.67 bits per heavy atom. The fourth-order valence-corrected chi connectivity index (χ4v) is 4.22. The minimum atomic E-state index is -3.87. The summed E-state index contributed by atoms with van der Waals surface area (Å²) in [4.78, 5) is 25.2. The maximum absolute atomic E-state index is 12.6. The molecule has 0 saturated carbocycles. The largest absolute Gasteiger partial charge is 0.438 e. The average Bonchev–Trinajstić information content (AvgIpc) is 3.15. The number of nitrogens with zero attached hydrogens (tertiary/aromatic N) is 2. The Morgan fingerprint density at radius 1 is 1.04 bits per heavy atom. The van der Waals surface area contributed by atoms with Gasteiger partial charge in [-0.05, 0) is 24.6 Å². The van der Waals surface area contributed by atoms with E-state index in [0.717, 1.165) is 11.1 Å². The molecular weight excluding hydrogens is 370 g/mol. The highest BCUT2D eigenvalue weighted by Gasteiger charge is 2.32. The summed E-state index contributed by atoms with van der Waals surface area (Å²) in [7, 11) is -3.87. The van der Waals surface area contributed by atoms with E-state index in [-0.39, 0.29) is 36.3 Å². The molecule has 9 heteroatoms. The topological polar surface area (TPSA) is 114 Å². The van der Waals surface area contributed by atoms with Crippen molar-refractivity contribution >= 4 is 21.8 Å². The van der Waals surface area contributed by atoms with Crippen LogP contribution in [0.2, 0.25) is 0 Å². The highest BCUT2D eigenvalue weighted by molar-refractivity contribution is 7.89. The molecule has 3 rings (SSSR count). The maximum Gasteiger partial charge on any atom is 0.284 e. The van der Waals surface area contributed by atoms with Crippen LogP contribution in [0.3, 0.4) is 0 Å². The number of sulfonamides is 1. The first-order valence-corrected chi connectivity index (χ1v) is 9.94. The van der Waals surface area contributed by atoms with Crippen LogP contribution in [0.5, 0.6) is 0 Å². The van der Waals surface area contributed by atoms with Crippen LogP contribution >= 0.6 is 0 Å². The van der Waals surface area contributed by atoms with Gasteiger partial charge in [-0.1, -0.05) is 29.8 Å². The van der Waals surface area contributed by atoms with Gasteiger partial charge in [-0.3, -0.25) is 9.59 Å². The zero-order chi connectivity index (χ0) is 19.6. The van der Waals surface area contributed by atoms with Gasteiger partial charge in [0.1, 0.15) is 0 Å².